The number of halogens is 2. The highest BCUT2D eigenvalue weighted by Gasteiger charge is 2.14. The van der Waals surface area contributed by atoms with E-state index in [9.17, 15) is 9.59 Å². The molecule has 0 atom stereocenters. The lowest BCUT2D eigenvalue weighted by Crippen LogP contribution is -2.00. The van der Waals surface area contributed by atoms with Crippen molar-refractivity contribution in [3.05, 3.63) is 55.9 Å². The van der Waals surface area contributed by atoms with Crippen molar-refractivity contribution in [3.8, 4) is 0 Å². The summed E-state index contributed by atoms with van der Waals surface area (Å²) >= 11 is 8.00. The van der Waals surface area contributed by atoms with E-state index in [-0.39, 0.29) is 11.5 Å². The lowest BCUT2D eigenvalue weighted by atomic mass is 10.1. The molecular formula is C12H7ClINO3. The Labute approximate surface area is 121 Å². The maximum absolute atomic E-state index is 12.1. The van der Waals surface area contributed by atoms with Crippen LogP contribution in [0.3, 0.4) is 0 Å². The zero-order valence-corrected chi connectivity index (χ0v) is 11.8. The van der Waals surface area contributed by atoms with Gasteiger partial charge in [0.25, 0.3) is 0 Å². The number of hydrogen-bond donors (Lipinski definition) is 2. The predicted octanol–water partition coefficient (Wildman–Crippen LogP) is 3.20. The summed E-state index contributed by atoms with van der Waals surface area (Å²) in [5.74, 6) is -1.37. The van der Waals surface area contributed by atoms with Gasteiger partial charge in [-0.15, -0.1) is 0 Å². The van der Waals surface area contributed by atoms with Crippen molar-refractivity contribution in [1.82, 2.24) is 4.98 Å². The molecule has 18 heavy (non-hydrogen) atoms. The highest BCUT2D eigenvalue weighted by atomic mass is 127. The first kappa shape index (κ1) is 13.1. The van der Waals surface area contributed by atoms with Crippen LogP contribution in [0.2, 0.25) is 5.02 Å². The van der Waals surface area contributed by atoms with Gasteiger partial charge in [0, 0.05) is 20.9 Å². The summed E-state index contributed by atoms with van der Waals surface area (Å²) in [5, 5.41) is 9.26. The van der Waals surface area contributed by atoms with Crippen molar-refractivity contribution in [3.63, 3.8) is 0 Å². The van der Waals surface area contributed by atoms with Crippen molar-refractivity contribution in [2.24, 2.45) is 0 Å². The van der Waals surface area contributed by atoms with Crippen LogP contribution in [0.5, 0.6) is 0 Å². The van der Waals surface area contributed by atoms with Crippen LogP contribution in [0.15, 0.2) is 30.5 Å². The first-order valence-electron chi connectivity index (χ1n) is 4.90. The Balaban J connectivity index is 2.35. The number of benzene rings is 1. The molecule has 0 fully saturated rings. The standard InChI is InChI=1S/C12H7ClINO3/c13-8-3-6(1-2-9(8)14)11(16)7-4-10(12(17)18)15-5-7/h1-5,15H,(H,17,18). The van der Waals surface area contributed by atoms with Crippen LogP contribution >= 0.6 is 34.2 Å². The molecule has 0 aliphatic heterocycles. The molecule has 4 nitrogen and oxygen atoms in total. The quantitative estimate of drug-likeness (QED) is 0.639. The summed E-state index contributed by atoms with van der Waals surface area (Å²) in [6.45, 7) is 0. The molecule has 0 saturated heterocycles. The van der Waals surface area contributed by atoms with Crippen LogP contribution in [0.1, 0.15) is 26.4 Å². The maximum atomic E-state index is 12.1. The van der Waals surface area contributed by atoms with E-state index in [0.29, 0.717) is 16.1 Å². The Morgan fingerprint density at radius 2 is 1.94 bits per heavy atom. The second-order valence-corrected chi connectivity index (χ2v) is 5.13. The number of aromatic carboxylic acids is 1. The van der Waals surface area contributed by atoms with Crippen molar-refractivity contribution in [2.45, 2.75) is 0 Å². The molecule has 0 aliphatic carbocycles. The first-order chi connectivity index (χ1) is 8.49. The number of rotatable bonds is 3. The molecule has 0 radical (unpaired) electrons. The highest BCUT2D eigenvalue weighted by Crippen LogP contribution is 2.21. The second kappa shape index (κ2) is 5.11. The molecule has 1 aromatic heterocycles. The fourth-order valence-electron chi connectivity index (χ4n) is 1.45. The van der Waals surface area contributed by atoms with Crippen LogP contribution in [0.25, 0.3) is 0 Å². The van der Waals surface area contributed by atoms with E-state index in [0.717, 1.165) is 3.57 Å². The molecule has 2 N–H and O–H groups in total. The zero-order valence-electron chi connectivity index (χ0n) is 8.91. The van der Waals surface area contributed by atoms with Crippen molar-refractivity contribution in [1.29, 1.82) is 0 Å². The van der Waals surface area contributed by atoms with E-state index in [2.05, 4.69) is 27.6 Å². The van der Waals surface area contributed by atoms with E-state index in [1.807, 2.05) is 0 Å². The van der Waals surface area contributed by atoms with Gasteiger partial charge < -0.3 is 10.1 Å². The Morgan fingerprint density at radius 1 is 1.22 bits per heavy atom. The lowest BCUT2D eigenvalue weighted by Gasteiger charge is -2.00. The smallest absolute Gasteiger partial charge is 0.352 e. The van der Waals surface area contributed by atoms with Gasteiger partial charge in [0.2, 0.25) is 0 Å². The highest BCUT2D eigenvalue weighted by molar-refractivity contribution is 14.1. The number of carboxylic acids is 1. The minimum Gasteiger partial charge on any atom is -0.477 e. The summed E-state index contributed by atoms with van der Waals surface area (Å²) in [6.07, 6.45) is 1.37. The number of carbonyl (C=O) groups excluding carboxylic acids is 1. The SMILES string of the molecule is O=C(c1c[nH]c(C(=O)O)c1)c1ccc(I)c(Cl)c1. The third kappa shape index (κ3) is 2.56. The summed E-state index contributed by atoms with van der Waals surface area (Å²) in [4.78, 5) is 25.3. The largest absolute Gasteiger partial charge is 0.477 e. The van der Waals surface area contributed by atoms with Gasteiger partial charge in [-0.1, -0.05) is 11.6 Å². The van der Waals surface area contributed by atoms with Gasteiger partial charge in [0.15, 0.2) is 5.78 Å². The molecule has 0 aliphatic rings. The molecular weight excluding hydrogens is 368 g/mol. The van der Waals surface area contributed by atoms with Crippen molar-refractivity contribution in [2.75, 3.05) is 0 Å². The third-order valence-corrected chi connectivity index (χ3v) is 3.93. The molecule has 2 rings (SSSR count). The van der Waals surface area contributed by atoms with Crippen molar-refractivity contribution < 1.29 is 14.7 Å². The number of nitrogens with one attached hydrogen (secondary N) is 1. The summed E-state index contributed by atoms with van der Waals surface area (Å²) in [7, 11) is 0. The molecule has 6 heteroatoms. The Morgan fingerprint density at radius 3 is 2.50 bits per heavy atom. The Hall–Kier alpha value is -1.34. The summed E-state index contributed by atoms with van der Waals surface area (Å²) in [5.41, 5.74) is 0.705. The molecule has 0 saturated carbocycles. The number of hydrogen-bond acceptors (Lipinski definition) is 2. The van der Waals surface area contributed by atoms with E-state index >= 15 is 0 Å². The fraction of sp³-hybridized carbons (Fsp3) is 0. The number of carbonyl (C=O) groups is 2. The lowest BCUT2D eigenvalue weighted by molar-refractivity contribution is 0.0691. The van der Waals surface area contributed by atoms with Crippen LogP contribution in [-0.2, 0) is 0 Å². The molecule has 0 bridgehead atoms. The minimum atomic E-state index is -1.10. The molecule has 92 valence electrons. The van der Waals surface area contributed by atoms with E-state index in [4.69, 9.17) is 16.7 Å². The number of aromatic nitrogens is 1. The van der Waals surface area contributed by atoms with Crippen LogP contribution in [-0.4, -0.2) is 21.8 Å². The van der Waals surface area contributed by atoms with Gasteiger partial charge >= 0.3 is 5.97 Å². The topological polar surface area (TPSA) is 70.2 Å². The number of H-pyrrole nitrogens is 1. The first-order valence-corrected chi connectivity index (χ1v) is 6.36. The van der Waals surface area contributed by atoms with Gasteiger partial charge in [0.05, 0.1) is 5.02 Å². The molecule has 0 unspecified atom stereocenters. The summed E-state index contributed by atoms with van der Waals surface area (Å²) < 4.78 is 0.853. The van der Waals surface area contributed by atoms with Crippen LogP contribution < -0.4 is 0 Å². The van der Waals surface area contributed by atoms with Gasteiger partial charge in [-0.05, 0) is 46.9 Å². The third-order valence-electron chi connectivity index (χ3n) is 2.36. The average Bonchev–Trinajstić information content (AvgIpc) is 2.81. The zero-order chi connectivity index (χ0) is 13.3. The molecule has 0 spiro atoms. The number of aromatic amines is 1. The monoisotopic (exact) mass is 375 g/mol. The molecule has 1 heterocycles. The van der Waals surface area contributed by atoms with Gasteiger partial charge in [-0.2, -0.15) is 0 Å². The van der Waals surface area contributed by atoms with E-state index in [1.165, 1.54) is 12.3 Å². The van der Waals surface area contributed by atoms with Crippen molar-refractivity contribution >= 4 is 45.9 Å². The van der Waals surface area contributed by atoms with Crippen LogP contribution in [0, 0.1) is 3.57 Å². The Kier molecular flexibility index (Phi) is 3.72. The minimum absolute atomic E-state index is 0.0186. The average molecular weight is 376 g/mol. The molecule has 1 aromatic carbocycles. The number of ketones is 1. The van der Waals surface area contributed by atoms with Gasteiger partial charge in [-0.3, -0.25) is 4.79 Å². The van der Waals surface area contributed by atoms with Crippen LogP contribution in [0.4, 0.5) is 0 Å². The fourth-order valence-corrected chi connectivity index (χ4v) is 1.97. The van der Waals surface area contributed by atoms with Gasteiger partial charge in [-0.25, -0.2) is 4.79 Å². The summed E-state index contributed by atoms with van der Waals surface area (Å²) in [6, 6.07) is 6.26. The number of carboxylic acid groups (broad SMARTS) is 1. The second-order valence-electron chi connectivity index (χ2n) is 3.57. The molecule has 2 aromatic rings. The normalized spacial score (nSPS) is 10.3. The Bertz CT molecular complexity index is 636. The predicted molar refractivity (Wildman–Crippen MR) is 75.4 cm³/mol. The molecule has 0 amide bonds. The maximum Gasteiger partial charge on any atom is 0.352 e. The van der Waals surface area contributed by atoms with E-state index < -0.39 is 5.97 Å². The van der Waals surface area contributed by atoms with E-state index in [1.54, 1.807) is 18.2 Å². The van der Waals surface area contributed by atoms with Gasteiger partial charge in [0.1, 0.15) is 5.69 Å².